The number of hydrogen-bond acceptors (Lipinski definition) is 4. The Hall–Kier alpha value is -1.14. The molecule has 0 aliphatic carbocycles. The molecule has 18 heavy (non-hydrogen) atoms. The van der Waals surface area contributed by atoms with Crippen LogP contribution < -0.4 is 5.73 Å². The van der Waals surface area contributed by atoms with Crippen molar-refractivity contribution in [1.29, 1.82) is 0 Å². The summed E-state index contributed by atoms with van der Waals surface area (Å²) in [7, 11) is -3.46. The summed E-state index contributed by atoms with van der Waals surface area (Å²) < 4.78 is 37.0. The van der Waals surface area contributed by atoms with Crippen molar-refractivity contribution in [1.82, 2.24) is 4.90 Å². The van der Waals surface area contributed by atoms with Gasteiger partial charge in [0.05, 0.1) is 16.3 Å². The topological polar surface area (TPSA) is 63.4 Å². The van der Waals surface area contributed by atoms with Gasteiger partial charge < -0.3 is 10.6 Å². The quantitative estimate of drug-likeness (QED) is 0.631. The first-order valence-corrected chi connectivity index (χ1v) is 7.56. The van der Waals surface area contributed by atoms with Gasteiger partial charge in [0.1, 0.15) is 5.82 Å². The Morgan fingerprint density at radius 1 is 1.28 bits per heavy atom. The molecule has 0 radical (unpaired) electrons. The minimum absolute atomic E-state index is 0.00941. The van der Waals surface area contributed by atoms with Gasteiger partial charge in [-0.1, -0.05) is 13.8 Å². The van der Waals surface area contributed by atoms with Crippen LogP contribution in [0.1, 0.15) is 13.8 Å². The van der Waals surface area contributed by atoms with E-state index in [1.807, 2.05) is 18.7 Å². The number of anilines is 1. The summed E-state index contributed by atoms with van der Waals surface area (Å²) in [6.45, 7) is 5.99. The Morgan fingerprint density at radius 2 is 1.89 bits per heavy atom. The number of benzene rings is 1. The number of halogens is 1. The van der Waals surface area contributed by atoms with Crippen molar-refractivity contribution in [3.63, 3.8) is 0 Å². The number of rotatable bonds is 6. The average Bonchev–Trinajstić information content (AvgIpc) is 2.29. The van der Waals surface area contributed by atoms with Gasteiger partial charge in [-0.15, -0.1) is 0 Å². The van der Waals surface area contributed by atoms with E-state index in [2.05, 4.69) is 0 Å². The molecule has 0 fully saturated rings. The van der Waals surface area contributed by atoms with Gasteiger partial charge in [-0.2, -0.15) is 0 Å². The lowest BCUT2D eigenvalue weighted by Crippen LogP contribution is -2.29. The summed E-state index contributed by atoms with van der Waals surface area (Å²) in [5, 5.41) is 0. The van der Waals surface area contributed by atoms with Crippen LogP contribution in [0.2, 0.25) is 0 Å². The van der Waals surface area contributed by atoms with E-state index in [0.717, 1.165) is 25.2 Å². The minimum atomic E-state index is -3.46. The highest BCUT2D eigenvalue weighted by molar-refractivity contribution is 7.91. The van der Waals surface area contributed by atoms with Gasteiger partial charge in [-0.3, -0.25) is 0 Å². The Labute approximate surface area is 108 Å². The predicted octanol–water partition coefficient (Wildman–Crippen LogP) is 1.52. The maximum absolute atomic E-state index is 12.9. The van der Waals surface area contributed by atoms with Gasteiger partial charge in [0.2, 0.25) is 0 Å². The standard InChI is InChI=1S/C12H19FN2O2S/c1-3-15(4-2)7-8-18(16,17)12-6-5-10(13)9-11(12)14/h5-6,9H,3-4,7-8,14H2,1-2H3. The molecule has 0 saturated carbocycles. The fourth-order valence-corrected chi connectivity index (χ4v) is 3.11. The number of nitrogens with two attached hydrogens (primary N) is 1. The van der Waals surface area contributed by atoms with Crippen LogP contribution in [0, 0.1) is 5.82 Å². The maximum atomic E-state index is 12.9. The number of nitrogen functional groups attached to an aromatic ring is 1. The van der Waals surface area contributed by atoms with Crippen molar-refractivity contribution in [3.8, 4) is 0 Å². The van der Waals surface area contributed by atoms with E-state index in [0.29, 0.717) is 6.54 Å². The van der Waals surface area contributed by atoms with Crippen LogP contribution in [0.3, 0.4) is 0 Å². The molecule has 0 spiro atoms. The lowest BCUT2D eigenvalue weighted by Gasteiger charge is -2.18. The van der Waals surface area contributed by atoms with E-state index in [4.69, 9.17) is 5.73 Å². The lowest BCUT2D eigenvalue weighted by atomic mass is 10.3. The predicted molar refractivity (Wildman–Crippen MR) is 70.7 cm³/mol. The molecule has 0 aliphatic heterocycles. The monoisotopic (exact) mass is 274 g/mol. The van der Waals surface area contributed by atoms with Crippen LogP contribution >= 0.6 is 0 Å². The van der Waals surface area contributed by atoms with Gasteiger partial charge >= 0.3 is 0 Å². The van der Waals surface area contributed by atoms with Crippen LogP contribution in [0.4, 0.5) is 10.1 Å². The first-order valence-electron chi connectivity index (χ1n) is 5.90. The second-order valence-electron chi connectivity index (χ2n) is 4.03. The van der Waals surface area contributed by atoms with E-state index in [9.17, 15) is 12.8 Å². The molecule has 0 heterocycles. The molecule has 0 aromatic heterocycles. The molecule has 1 aromatic carbocycles. The highest BCUT2D eigenvalue weighted by Crippen LogP contribution is 2.20. The third-order valence-electron chi connectivity index (χ3n) is 2.88. The van der Waals surface area contributed by atoms with Gasteiger partial charge in [-0.05, 0) is 31.3 Å². The fraction of sp³-hybridized carbons (Fsp3) is 0.500. The van der Waals surface area contributed by atoms with E-state index < -0.39 is 15.7 Å². The van der Waals surface area contributed by atoms with E-state index in [1.165, 1.54) is 6.07 Å². The van der Waals surface area contributed by atoms with Gasteiger partial charge in [0.25, 0.3) is 0 Å². The minimum Gasteiger partial charge on any atom is -0.398 e. The molecule has 2 N–H and O–H groups in total. The third-order valence-corrected chi connectivity index (χ3v) is 4.64. The average molecular weight is 274 g/mol. The second-order valence-corrected chi connectivity index (χ2v) is 6.11. The van der Waals surface area contributed by atoms with E-state index in [1.54, 1.807) is 0 Å². The van der Waals surface area contributed by atoms with E-state index in [-0.39, 0.29) is 16.3 Å². The first kappa shape index (κ1) is 14.9. The largest absolute Gasteiger partial charge is 0.398 e. The van der Waals surface area contributed by atoms with Crippen molar-refractivity contribution in [3.05, 3.63) is 24.0 Å². The van der Waals surface area contributed by atoms with Crippen LogP contribution in [-0.2, 0) is 9.84 Å². The molecule has 0 saturated heterocycles. The summed E-state index contributed by atoms with van der Waals surface area (Å²) in [6, 6.07) is 3.37. The SMILES string of the molecule is CCN(CC)CCS(=O)(=O)c1ccc(F)cc1N. The summed E-state index contributed by atoms with van der Waals surface area (Å²) in [5.74, 6) is -0.542. The zero-order valence-electron chi connectivity index (χ0n) is 10.7. The molecule has 0 aliphatic rings. The summed E-state index contributed by atoms with van der Waals surface area (Å²) >= 11 is 0. The molecule has 0 amide bonds. The summed E-state index contributed by atoms with van der Waals surface area (Å²) in [4.78, 5) is 2.02. The summed E-state index contributed by atoms with van der Waals surface area (Å²) in [5.41, 5.74) is 5.51. The summed E-state index contributed by atoms with van der Waals surface area (Å²) in [6.07, 6.45) is 0. The molecule has 1 aromatic rings. The maximum Gasteiger partial charge on any atom is 0.181 e. The molecule has 6 heteroatoms. The smallest absolute Gasteiger partial charge is 0.181 e. The Morgan fingerprint density at radius 3 is 2.39 bits per heavy atom. The van der Waals surface area contributed by atoms with E-state index >= 15 is 0 Å². The molecule has 0 unspecified atom stereocenters. The fourth-order valence-electron chi connectivity index (χ4n) is 1.70. The highest BCUT2D eigenvalue weighted by Gasteiger charge is 2.18. The van der Waals surface area contributed by atoms with Gasteiger partial charge in [-0.25, -0.2) is 12.8 Å². The molecular formula is C12H19FN2O2S. The van der Waals surface area contributed by atoms with Crippen molar-refractivity contribution in [2.75, 3.05) is 31.1 Å². The third kappa shape index (κ3) is 3.68. The van der Waals surface area contributed by atoms with Crippen LogP contribution in [0.5, 0.6) is 0 Å². The number of nitrogens with zero attached hydrogens (tertiary/aromatic N) is 1. The number of hydrogen-bond donors (Lipinski definition) is 1. The Kier molecular flexibility index (Phi) is 5.10. The Bertz CT molecular complexity index is 499. The molecule has 4 nitrogen and oxygen atoms in total. The molecular weight excluding hydrogens is 255 g/mol. The van der Waals surface area contributed by atoms with Crippen molar-refractivity contribution < 1.29 is 12.8 Å². The molecule has 1 rings (SSSR count). The first-order chi connectivity index (χ1) is 8.40. The molecule has 0 atom stereocenters. The van der Waals surface area contributed by atoms with Crippen molar-refractivity contribution >= 4 is 15.5 Å². The Balaban J connectivity index is 2.86. The van der Waals surface area contributed by atoms with Crippen molar-refractivity contribution in [2.24, 2.45) is 0 Å². The van der Waals surface area contributed by atoms with Crippen LogP contribution in [0.25, 0.3) is 0 Å². The molecule has 102 valence electrons. The number of sulfone groups is 1. The lowest BCUT2D eigenvalue weighted by molar-refractivity contribution is 0.321. The van der Waals surface area contributed by atoms with Crippen LogP contribution in [-0.4, -0.2) is 38.7 Å². The second kappa shape index (κ2) is 6.15. The molecule has 0 bridgehead atoms. The van der Waals surface area contributed by atoms with Gasteiger partial charge in [0, 0.05) is 6.54 Å². The van der Waals surface area contributed by atoms with Crippen LogP contribution in [0.15, 0.2) is 23.1 Å². The zero-order valence-corrected chi connectivity index (χ0v) is 11.5. The van der Waals surface area contributed by atoms with Crippen molar-refractivity contribution in [2.45, 2.75) is 18.7 Å². The normalized spacial score (nSPS) is 12.0. The zero-order chi connectivity index (χ0) is 13.8. The highest BCUT2D eigenvalue weighted by atomic mass is 32.2. The van der Waals surface area contributed by atoms with Gasteiger partial charge in [0.15, 0.2) is 9.84 Å².